The van der Waals surface area contributed by atoms with E-state index >= 15 is 0 Å². The average Bonchev–Trinajstić information content (AvgIpc) is 3.47. The summed E-state index contributed by atoms with van der Waals surface area (Å²) in [5.41, 5.74) is 7.15. The van der Waals surface area contributed by atoms with Crippen LogP contribution in [0.2, 0.25) is 5.02 Å². The van der Waals surface area contributed by atoms with Gasteiger partial charge in [-0.2, -0.15) is 0 Å². The van der Waals surface area contributed by atoms with Gasteiger partial charge in [0.2, 0.25) is 0 Å². The Morgan fingerprint density at radius 2 is 1.62 bits per heavy atom. The number of hydrogen-bond acceptors (Lipinski definition) is 6. The third-order valence-electron chi connectivity index (χ3n) is 10.1. The highest BCUT2D eigenvalue weighted by atomic mass is 35.5. The molecular formula is C42H43ClN4O5. The number of hydrogen-bond donors (Lipinski definition) is 1. The Kier molecular flexibility index (Phi) is 10.6. The number of aromatic nitrogens is 1. The maximum Gasteiger partial charge on any atom is 0.257 e. The summed E-state index contributed by atoms with van der Waals surface area (Å²) < 4.78 is 19.1. The van der Waals surface area contributed by atoms with Crippen LogP contribution in [0.15, 0.2) is 97.1 Å². The monoisotopic (exact) mass is 718 g/mol. The molecule has 1 fully saturated rings. The van der Waals surface area contributed by atoms with Gasteiger partial charge in [-0.3, -0.25) is 14.5 Å². The Morgan fingerprint density at radius 3 is 2.35 bits per heavy atom. The van der Waals surface area contributed by atoms with Gasteiger partial charge in [0.15, 0.2) is 0 Å². The van der Waals surface area contributed by atoms with E-state index in [1.165, 1.54) is 5.56 Å². The van der Waals surface area contributed by atoms with Crippen LogP contribution in [-0.4, -0.2) is 72.2 Å². The topological polar surface area (TPSA) is 85.3 Å². The summed E-state index contributed by atoms with van der Waals surface area (Å²) in [6, 6.07) is 30.9. The summed E-state index contributed by atoms with van der Waals surface area (Å²) in [6.07, 6.45) is 0.757. The van der Waals surface area contributed by atoms with Crippen LogP contribution >= 0.6 is 11.6 Å². The number of morpholine rings is 1. The summed E-state index contributed by atoms with van der Waals surface area (Å²) >= 11 is 6.74. The molecular weight excluding hydrogens is 676 g/mol. The highest BCUT2D eigenvalue weighted by Crippen LogP contribution is 2.38. The van der Waals surface area contributed by atoms with Gasteiger partial charge in [0.05, 0.1) is 36.5 Å². The smallest absolute Gasteiger partial charge is 0.257 e. The van der Waals surface area contributed by atoms with Crippen LogP contribution < -0.4 is 14.8 Å². The number of ether oxygens (including phenoxy) is 3. The molecule has 9 nitrogen and oxygen atoms in total. The first-order valence-corrected chi connectivity index (χ1v) is 18.0. The lowest BCUT2D eigenvalue weighted by Gasteiger charge is -2.40. The standard InChI is InChI=1S/C42H43ClN4O5/c1-28-35(41(48)44-32-13-15-34(16-14-32)52-27-29-9-5-4-6-10-29)23-39(45(28)2)36-22-38(43)40(50-3)24-37(36)42(49)47-25-31-12-8-7-11-30(31)21-33(47)26-46-17-19-51-20-18-46/h4-16,22-24,33H,17-21,25-27H2,1-3H3,(H,44,48)/t33-/m0/s1. The number of methoxy groups -OCH3 is 1. The van der Waals surface area contributed by atoms with Crippen LogP contribution in [0.1, 0.15) is 43.1 Å². The summed E-state index contributed by atoms with van der Waals surface area (Å²) in [4.78, 5) is 32.9. The Morgan fingerprint density at radius 1 is 0.904 bits per heavy atom. The molecule has 2 aliphatic rings. The first-order valence-electron chi connectivity index (χ1n) is 17.6. The van der Waals surface area contributed by atoms with Crippen LogP contribution in [0.4, 0.5) is 5.69 Å². The van der Waals surface area contributed by atoms with E-state index in [0.29, 0.717) is 71.0 Å². The molecule has 4 aromatic carbocycles. The van der Waals surface area contributed by atoms with Crippen molar-refractivity contribution in [2.45, 2.75) is 32.5 Å². The molecule has 2 amide bonds. The number of nitrogens with zero attached hydrogens (tertiary/aromatic N) is 3. The Balaban J connectivity index is 1.16. The minimum atomic E-state index is -0.261. The SMILES string of the molecule is COc1cc(C(=O)N2Cc3ccccc3C[C@H]2CN2CCOCC2)c(-c2cc(C(=O)Nc3ccc(OCc4ccccc4)cc3)c(C)n2C)cc1Cl. The van der Waals surface area contributed by atoms with Crippen molar-refractivity contribution in [2.24, 2.45) is 7.05 Å². The van der Waals surface area contributed by atoms with Gasteiger partial charge < -0.3 is 29.0 Å². The molecule has 2 aliphatic heterocycles. The lowest BCUT2D eigenvalue weighted by Crippen LogP contribution is -2.52. The van der Waals surface area contributed by atoms with Gasteiger partial charge >= 0.3 is 0 Å². The number of halogens is 1. The van der Waals surface area contributed by atoms with Crippen LogP contribution in [0, 0.1) is 6.92 Å². The summed E-state index contributed by atoms with van der Waals surface area (Å²) in [5.74, 6) is 0.745. The summed E-state index contributed by atoms with van der Waals surface area (Å²) in [7, 11) is 3.44. The first kappa shape index (κ1) is 35.3. The first-order chi connectivity index (χ1) is 25.3. The van der Waals surface area contributed by atoms with Gasteiger partial charge in [-0.15, -0.1) is 0 Å². The highest BCUT2D eigenvalue weighted by Gasteiger charge is 2.34. The van der Waals surface area contributed by atoms with Crippen molar-refractivity contribution in [3.05, 3.63) is 136 Å². The third kappa shape index (κ3) is 7.58. The lowest BCUT2D eigenvalue weighted by atomic mass is 9.92. The largest absolute Gasteiger partial charge is 0.495 e. The third-order valence-corrected chi connectivity index (χ3v) is 10.4. The number of rotatable bonds is 10. The Hall–Kier alpha value is -5.09. The van der Waals surface area contributed by atoms with Crippen LogP contribution in [0.3, 0.4) is 0 Å². The van der Waals surface area contributed by atoms with Crippen molar-refractivity contribution in [1.82, 2.24) is 14.4 Å². The number of carbonyl (C=O) groups is 2. The number of anilines is 1. The molecule has 1 N–H and O–H groups in total. The quantitative estimate of drug-likeness (QED) is 0.162. The molecule has 0 aliphatic carbocycles. The van der Waals surface area contributed by atoms with E-state index in [1.54, 1.807) is 19.2 Å². The van der Waals surface area contributed by atoms with Gasteiger partial charge in [-0.1, -0.05) is 66.2 Å². The van der Waals surface area contributed by atoms with Crippen LogP contribution in [-0.2, 0) is 31.4 Å². The number of fused-ring (bicyclic) bond motifs is 1. The van der Waals surface area contributed by atoms with Crippen molar-refractivity contribution in [2.75, 3.05) is 45.3 Å². The van der Waals surface area contributed by atoms with E-state index in [-0.39, 0.29) is 17.9 Å². The second-order valence-electron chi connectivity index (χ2n) is 13.3. The number of nitrogens with one attached hydrogen (secondary N) is 1. The van der Waals surface area contributed by atoms with Crippen LogP contribution in [0.25, 0.3) is 11.3 Å². The molecule has 1 atom stereocenters. The molecule has 268 valence electrons. The van der Waals surface area contributed by atoms with Crippen LogP contribution in [0.5, 0.6) is 11.5 Å². The Labute approximate surface area is 309 Å². The van der Waals surface area contributed by atoms with Gasteiger partial charge in [0, 0.05) is 61.9 Å². The molecule has 5 aromatic rings. The normalized spacial score (nSPS) is 15.9. The average molecular weight is 719 g/mol. The second kappa shape index (κ2) is 15.7. The number of amides is 2. The summed E-state index contributed by atoms with van der Waals surface area (Å²) in [5, 5.41) is 3.40. The van der Waals surface area contributed by atoms with Crippen molar-refractivity contribution < 1.29 is 23.8 Å². The fourth-order valence-corrected chi connectivity index (χ4v) is 7.33. The van der Waals surface area contributed by atoms with Crippen molar-refractivity contribution in [1.29, 1.82) is 0 Å². The molecule has 0 saturated carbocycles. The Bertz CT molecular complexity index is 2060. The fraction of sp³-hybridized carbons (Fsp3) is 0.286. The van der Waals surface area contributed by atoms with E-state index in [2.05, 4.69) is 28.4 Å². The molecule has 0 spiro atoms. The molecule has 3 heterocycles. The maximum absolute atomic E-state index is 14.9. The van der Waals surface area contributed by atoms with E-state index in [9.17, 15) is 9.59 Å². The molecule has 0 unspecified atom stereocenters. The van der Waals surface area contributed by atoms with E-state index < -0.39 is 0 Å². The predicted molar refractivity (Wildman–Crippen MR) is 203 cm³/mol. The zero-order valence-electron chi connectivity index (χ0n) is 29.7. The predicted octanol–water partition coefficient (Wildman–Crippen LogP) is 7.39. The zero-order valence-corrected chi connectivity index (χ0v) is 30.5. The molecule has 52 heavy (non-hydrogen) atoms. The minimum absolute atomic E-state index is 0.0402. The molecule has 10 heteroatoms. The van der Waals surface area contributed by atoms with Gasteiger partial charge in [-0.05, 0) is 72.5 Å². The maximum atomic E-state index is 14.9. The van der Waals surface area contributed by atoms with E-state index in [0.717, 1.165) is 42.9 Å². The van der Waals surface area contributed by atoms with E-state index in [4.69, 9.17) is 25.8 Å². The molecule has 7 rings (SSSR count). The van der Waals surface area contributed by atoms with Crippen molar-refractivity contribution >= 4 is 29.1 Å². The van der Waals surface area contributed by atoms with E-state index in [1.807, 2.05) is 90.2 Å². The lowest BCUT2D eigenvalue weighted by molar-refractivity contribution is 0.0193. The zero-order chi connectivity index (χ0) is 36.2. The summed E-state index contributed by atoms with van der Waals surface area (Å²) in [6.45, 7) is 6.63. The second-order valence-corrected chi connectivity index (χ2v) is 13.8. The van der Waals surface area contributed by atoms with Crippen molar-refractivity contribution in [3.8, 4) is 22.8 Å². The number of benzene rings is 4. The molecule has 0 radical (unpaired) electrons. The van der Waals surface area contributed by atoms with Gasteiger partial charge in [0.1, 0.15) is 18.1 Å². The fourth-order valence-electron chi connectivity index (χ4n) is 7.08. The minimum Gasteiger partial charge on any atom is -0.495 e. The van der Waals surface area contributed by atoms with Gasteiger partial charge in [-0.25, -0.2) is 0 Å². The highest BCUT2D eigenvalue weighted by molar-refractivity contribution is 6.32. The molecule has 1 saturated heterocycles. The molecule has 0 bridgehead atoms. The molecule has 1 aromatic heterocycles. The van der Waals surface area contributed by atoms with Gasteiger partial charge in [0.25, 0.3) is 11.8 Å². The van der Waals surface area contributed by atoms with Crippen molar-refractivity contribution in [3.63, 3.8) is 0 Å². The number of carbonyl (C=O) groups excluding carboxylic acids is 2.